The highest BCUT2D eigenvalue weighted by Gasteiger charge is 2.30. The van der Waals surface area contributed by atoms with E-state index >= 15 is 0 Å². The molecule has 1 aliphatic rings. The predicted molar refractivity (Wildman–Crippen MR) is 46.2 cm³/mol. The summed E-state index contributed by atoms with van der Waals surface area (Å²) >= 11 is 0. The second kappa shape index (κ2) is 3.55. The molecule has 1 fully saturated rings. The molecule has 1 rings (SSSR count). The van der Waals surface area contributed by atoms with Crippen LogP contribution in [-0.4, -0.2) is 18.3 Å². The van der Waals surface area contributed by atoms with Crippen LogP contribution in [0, 0.1) is 11.3 Å². The predicted octanol–water partition coefficient (Wildman–Crippen LogP) is 1.13. The van der Waals surface area contributed by atoms with Crippen LogP contribution in [0.2, 0.25) is 0 Å². The summed E-state index contributed by atoms with van der Waals surface area (Å²) in [6.45, 7) is 3.27. The largest absolute Gasteiger partial charge is 0.396 e. The lowest BCUT2D eigenvalue weighted by Gasteiger charge is -2.36. The minimum absolute atomic E-state index is 0.169. The van der Waals surface area contributed by atoms with Gasteiger partial charge in [0.25, 0.3) is 0 Å². The van der Waals surface area contributed by atoms with E-state index < -0.39 is 0 Å². The number of hydrogen-bond acceptors (Lipinski definition) is 2. The molecule has 2 atom stereocenters. The number of rotatable bonds is 2. The molecule has 66 valence electrons. The van der Waals surface area contributed by atoms with Gasteiger partial charge in [0, 0.05) is 6.61 Å². The smallest absolute Gasteiger partial charge is 0.0484 e. The van der Waals surface area contributed by atoms with Crippen molar-refractivity contribution in [2.75, 3.05) is 13.2 Å². The van der Waals surface area contributed by atoms with Gasteiger partial charge < -0.3 is 10.8 Å². The monoisotopic (exact) mass is 157 g/mol. The molecule has 1 aliphatic carbocycles. The number of hydrogen-bond donors (Lipinski definition) is 2. The zero-order chi connectivity index (χ0) is 8.32. The molecular weight excluding hydrogens is 138 g/mol. The Kier molecular flexibility index (Phi) is 2.90. The van der Waals surface area contributed by atoms with Gasteiger partial charge in [-0.25, -0.2) is 0 Å². The van der Waals surface area contributed by atoms with Crippen molar-refractivity contribution in [1.82, 2.24) is 0 Å². The zero-order valence-electron chi connectivity index (χ0n) is 7.34. The minimum atomic E-state index is 0.169. The maximum atomic E-state index is 9.12. The molecule has 0 aromatic rings. The summed E-state index contributed by atoms with van der Waals surface area (Å²) in [6, 6.07) is 0. The molecule has 0 aliphatic heterocycles. The summed E-state index contributed by atoms with van der Waals surface area (Å²) < 4.78 is 0. The SMILES string of the molecule is C[C@@]1(CO)CCC[C@H](CN)C1. The first-order chi connectivity index (χ1) is 5.20. The van der Waals surface area contributed by atoms with Crippen LogP contribution >= 0.6 is 0 Å². The molecule has 0 amide bonds. The van der Waals surface area contributed by atoms with E-state index in [0.717, 1.165) is 13.0 Å². The van der Waals surface area contributed by atoms with Crippen LogP contribution in [0.3, 0.4) is 0 Å². The van der Waals surface area contributed by atoms with E-state index in [9.17, 15) is 0 Å². The molecule has 11 heavy (non-hydrogen) atoms. The Balaban J connectivity index is 2.44. The fourth-order valence-electron chi connectivity index (χ4n) is 2.06. The highest BCUT2D eigenvalue weighted by molar-refractivity contribution is 4.82. The molecule has 0 heterocycles. The topological polar surface area (TPSA) is 46.2 Å². The summed E-state index contributed by atoms with van der Waals surface area (Å²) in [6.07, 6.45) is 4.77. The van der Waals surface area contributed by atoms with Gasteiger partial charge in [0.05, 0.1) is 0 Å². The van der Waals surface area contributed by atoms with Crippen molar-refractivity contribution >= 4 is 0 Å². The first-order valence-electron chi connectivity index (χ1n) is 4.51. The van der Waals surface area contributed by atoms with Gasteiger partial charge in [0.1, 0.15) is 0 Å². The number of aliphatic hydroxyl groups is 1. The molecule has 0 aromatic carbocycles. The summed E-state index contributed by atoms with van der Waals surface area (Å²) in [7, 11) is 0. The van der Waals surface area contributed by atoms with Crippen LogP contribution in [-0.2, 0) is 0 Å². The lowest BCUT2D eigenvalue weighted by molar-refractivity contribution is 0.0755. The number of aliphatic hydroxyl groups excluding tert-OH is 1. The first-order valence-corrected chi connectivity index (χ1v) is 4.51. The van der Waals surface area contributed by atoms with Crippen LogP contribution in [0.5, 0.6) is 0 Å². The lowest BCUT2D eigenvalue weighted by atomic mass is 9.71. The van der Waals surface area contributed by atoms with Crippen LogP contribution < -0.4 is 5.73 Å². The molecule has 0 bridgehead atoms. The van der Waals surface area contributed by atoms with E-state index in [0.29, 0.717) is 12.5 Å². The third kappa shape index (κ3) is 2.17. The van der Waals surface area contributed by atoms with Crippen LogP contribution in [0.15, 0.2) is 0 Å². The molecule has 0 spiro atoms. The van der Waals surface area contributed by atoms with Crippen molar-refractivity contribution in [3.05, 3.63) is 0 Å². The van der Waals surface area contributed by atoms with E-state index in [1.807, 2.05) is 0 Å². The summed E-state index contributed by atoms with van der Waals surface area (Å²) in [5.41, 5.74) is 5.77. The minimum Gasteiger partial charge on any atom is -0.396 e. The van der Waals surface area contributed by atoms with E-state index in [-0.39, 0.29) is 5.41 Å². The maximum absolute atomic E-state index is 9.12. The van der Waals surface area contributed by atoms with Crippen molar-refractivity contribution in [3.8, 4) is 0 Å². The molecule has 2 nitrogen and oxygen atoms in total. The van der Waals surface area contributed by atoms with Gasteiger partial charge in [-0.05, 0) is 37.1 Å². The summed E-state index contributed by atoms with van der Waals surface area (Å²) in [4.78, 5) is 0. The van der Waals surface area contributed by atoms with Gasteiger partial charge in [0.15, 0.2) is 0 Å². The highest BCUT2D eigenvalue weighted by atomic mass is 16.3. The molecule has 0 aromatic heterocycles. The van der Waals surface area contributed by atoms with E-state index in [4.69, 9.17) is 10.8 Å². The molecule has 0 radical (unpaired) electrons. The van der Waals surface area contributed by atoms with Crippen molar-refractivity contribution in [2.45, 2.75) is 32.6 Å². The first kappa shape index (κ1) is 9.01. The zero-order valence-corrected chi connectivity index (χ0v) is 7.34. The van der Waals surface area contributed by atoms with Gasteiger partial charge in [0.2, 0.25) is 0 Å². The van der Waals surface area contributed by atoms with Gasteiger partial charge in [-0.3, -0.25) is 0 Å². The Morgan fingerprint density at radius 2 is 2.36 bits per heavy atom. The fraction of sp³-hybridized carbons (Fsp3) is 1.00. The molecule has 1 saturated carbocycles. The summed E-state index contributed by atoms with van der Waals surface area (Å²) in [5.74, 6) is 0.654. The van der Waals surface area contributed by atoms with Gasteiger partial charge in [-0.2, -0.15) is 0 Å². The summed E-state index contributed by atoms with van der Waals surface area (Å²) in [5, 5.41) is 9.12. The second-order valence-electron chi connectivity index (χ2n) is 4.17. The maximum Gasteiger partial charge on any atom is 0.0484 e. The van der Waals surface area contributed by atoms with Crippen molar-refractivity contribution in [1.29, 1.82) is 0 Å². The van der Waals surface area contributed by atoms with E-state index in [1.54, 1.807) is 0 Å². The molecular formula is C9H19NO. The quantitative estimate of drug-likeness (QED) is 0.631. The number of nitrogens with two attached hydrogens (primary N) is 1. The van der Waals surface area contributed by atoms with Crippen molar-refractivity contribution in [3.63, 3.8) is 0 Å². The van der Waals surface area contributed by atoms with Crippen molar-refractivity contribution in [2.24, 2.45) is 17.1 Å². The Morgan fingerprint density at radius 3 is 2.91 bits per heavy atom. The van der Waals surface area contributed by atoms with Crippen LogP contribution in [0.25, 0.3) is 0 Å². The highest BCUT2D eigenvalue weighted by Crippen LogP contribution is 2.37. The second-order valence-corrected chi connectivity index (χ2v) is 4.17. The third-order valence-electron chi connectivity index (χ3n) is 2.89. The molecule has 2 heteroatoms. The molecule has 0 saturated heterocycles. The van der Waals surface area contributed by atoms with Gasteiger partial charge in [-0.1, -0.05) is 13.3 Å². The van der Waals surface area contributed by atoms with E-state index in [2.05, 4.69) is 6.92 Å². The van der Waals surface area contributed by atoms with E-state index in [1.165, 1.54) is 19.3 Å². The average Bonchev–Trinajstić information content (AvgIpc) is 2.05. The standard InChI is InChI=1S/C9H19NO/c1-9(7-11)4-2-3-8(5-9)6-10/h8,11H,2-7,10H2,1H3/t8-,9+/m0/s1. The average molecular weight is 157 g/mol. The van der Waals surface area contributed by atoms with Crippen molar-refractivity contribution < 1.29 is 5.11 Å². The van der Waals surface area contributed by atoms with Gasteiger partial charge in [-0.15, -0.1) is 0 Å². The Hall–Kier alpha value is -0.0800. The molecule has 0 unspecified atom stereocenters. The van der Waals surface area contributed by atoms with Gasteiger partial charge >= 0.3 is 0 Å². The Bertz CT molecular complexity index is 127. The lowest BCUT2D eigenvalue weighted by Crippen LogP contribution is -2.32. The van der Waals surface area contributed by atoms with Crippen LogP contribution in [0.4, 0.5) is 0 Å². The Morgan fingerprint density at radius 1 is 1.64 bits per heavy atom. The third-order valence-corrected chi connectivity index (χ3v) is 2.89. The fourth-order valence-corrected chi connectivity index (χ4v) is 2.06. The Labute approximate surface area is 68.8 Å². The normalized spacial score (nSPS) is 39.0. The van der Waals surface area contributed by atoms with Crippen LogP contribution in [0.1, 0.15) is 32.6 Å². The molecule has 3 N–H and O–H groups in total.